The fourth-order valence-corrected chi connectivity index (χ4v) is 2.07. The van der Waals surface area contributed by atoms with Gasteiger partial charge in [-0.2, -0.15) is 0 Å². The molecule has 0 radical (unpaired) electrons. The second-order valence-electron chi connectivity index (χ2n) is 6.69. The zero-order valence-corrected chi connectivity index (χ0v) is 18.5. The standard InChI is InChI=1S/C20H40N2O8/c1-18(2)19(17-23)22-20(24)3-5-25-7-9-27-11-13-29-15-16-30-14-12-28-10-8-26-6-4-21/h17-19H,3-16,21H2,1-2H3,(H,22,24)/t19-/m1/s1. The van der Waals surface area contributed by atoms with Gasteiger partial charge in [-0.15, -0.1) is 0 Å². The van der Waals surface area contributed by atoms with Gasteiger partial charge in [0.1, 0.15) is 6.29 Å². The average Bonchev–Trinajstić information content (AvgIpc) is 2.73. The molecule has 0 aliphatic carbocycles. The minimum Gasteiger partial charge on any atom is -0.379 e. The van der Waals surface area contributed by atoms with E-state index in [1.54, 1.807) is 0 Å². The molecule has 1 amide bonds. The number of hydrogen-bond acceptors (Lipinski definition) is 9. The van der Waals surface area contributed by atoms with Gasteiger partial charge in [-0.05, 0) is 5.92 Å². The van der Waals surface area contributed by atoms with Crippen molar-refractivity contribution in [1.29, 1.82) is 0 Å². The van der Waals surface area contributed by atoms with Crippen molar-refractivity contribution in [3.05, 3.63) is 0 Å². The molecule has 0 heterocycles. The van der Waals surface area contributed by atoms with Crippen LogP contribution in [0.1, 0.15) is 20.3 Å². The van der Waals surface area contributed by atoms with Crippen molar-refractivity contribution in [2.75, 3.05) is 85.8 Å². The molecule has 1 atom stereocenters. The van der Waals surface area contributed by atoms with Gasteiger partial charge in [0.25, 0.3) is 0 Å². The first-order valence-corrected chi connectivity index (χ1v) is 10.5. The van der Waals surface area contributed by atoms with Gasteiger partial charge in [-0.1, -0.05) is 13.8 Å². The summed E-state index contributed by atoms with van der Waals surface area (Å²) in [5.41, 5.74) is 5.30. The lowest BCUT2D eigenvalue weighted by atomic mass is 10.1. The number of aldehydes is 1. The van der Waals surface area contributed by atoms with Gasteiger partial charge in [-0.25, -0.2) is 0 Å². The molecule has 0 bridgehead atoms. The van der Waals surface area contributed by atoms with Crippen LogP contribution in [0.5, 0.6) is 0 Å². The fraction of sp³-hybridized carbons (Fsp3) is 0.900. The Bertz CT molecular complexity index is 399. The van der Waals surface area contributed by atoms with Gasteiger partial charge in [0.15, 0.2) is 0 Å². The third-order valence-electron chi connectivity index (χ3n) is 3.79. The summed E-state index contributed by atoms with van der Waals surface area (Å²) in [4.78, 5) is 22.5. The molecule has 178 valence electrons. The monoisotopic (exact) mass is 436 g/mol. The van der Waals surface area contributed by atoms with Crippen molar-refractivity contribution in [2.45, 2.75) is 26.3 Å². The van der Waals surface area contributed by atoms with E-state index >= 15 is 0 Å². The Morgan fingerprint density at radius 2 is 1.10 bits per heavy atom. The highest BCUT2D eigenvalue weighted by Gasteiger charge is 2.14. The predicted molar refractivity (Wildman–Crippen MR) is 111 cm³/mol. The number of nitrogens with two attached hydrogens (primary N) is 1. The summed E-state index contributed by atoms with van der Waals surface area (Å²) in [7, 11) is 0. The molecule has 10 nitrogen and oxygen atoms in total. The van der Waals surface area contributed by atoms with E-state index in [9.17, 15) is 9.59 Å². The van der Waals surface area contributed by atoms with E-state index in [0.29, 0.717) is 79.2 Å². The number of carbonyl (C=O) groups excluding carboxylic acids is 2. The molecular weight excluding hydrogens is 396 g/mol. The van der Waals surface area contributed by atoms with Crippen molar-refractivity contribution >= 4 is 12.2 Å². The fourth-order valence-electron chi connectivity index (χ4n) is 2.07. The molecule has 0 aliphatic heterocycles. The zero-order valence-electron chi connectivity index (χ0n) is 18.5. The minimum absolute atomic E-state index is 0.0701. The summed E-state index contributed by atoms with van der Waals surface area (Å²) < 4.78 is 32.0. The number of nitrogens with one attached hydrogen (secondary N) is 1. The highest BCUT2D eigenvalue weighted by atomic mass is 16.6. The van der Waals surface area contributed by atoms with Gasteiger partial charge in [0, 0.05) is 13.0 Å². The molecule has 0 aromatic heterocycles. The summed E-state index contributed by atoms with van der Waals surface area (Å²) in [6.07, 6.45) is 0.968. The summed E-state index contributed by atoms with van der Waals surface area (Å²) in [6.45, 7) is 9.98. The number of amides is 1. The second kappa shape index (κ2) is 22.5. The lowest BCUT2D eigenvalue weighted by molar-refractivity contribution is -0.125. The molecule has 10 heteroatoms. The predicted octanol–water partition coefficient (Wildman–Crippen LogP) is -0.225. The molecule has 30 heavy (non-hydrogen) atoms. The Morgan fingerprint density at radius 1 is 0.733 bits per heavy atom. The zero-order chi connectivity index (χ0) is 22.3. The Balaban J connectivity index is 3.21. The Hall–Kier alpha value is -1.14. The van der Waals surface area contributed by atoms with Gasteiger partial charge in [0.2, 0.25) is 5.91 Å². The molecule has 3 N–H and O–H groups in total. The van der Waals surface area contributed by atoms with Crippen LogP contribution in [0, 0.1) is 5.92 Å². The SMILES string of the molecule is CC(C)[C@@H](C=O)NC(=O)CCOCCOCCOCCOCCOCCOCCN. The second-order valence-corrected chi connectivity index (χ2v) is 6.69. The highest BCUT2D eigenvalue weighted by Crippen LogP contribution is 1.98. The van der Waals surface area contributed by atoms with E-state index in [1.807, 2.05) is 13.8 Å². The molecule has 0 spiro atoms. The minimum atomic E-state index is -0.453. The van der Waals surface area contributed by atoms with Crippen LogP contribution in [0.25, 0.3) is 0 Å². The average molecular weight is 437 g/mol. The van der Waals surface area contributed by atoms with Crippen molar-refractivity contribution in [1.82, 2.24) is 5.32 Å². The molecule has 0 saturated heterocycles. The first-order valence-electron chi connectivity index (χ1n) is 10.5. The maximum absolute atomic E-state index is 11.7. The largest absolute Gasteiger partial charge is 0.379 e. The normalized spacial score (nSPS) is 12.3. The number of rotatable bonds is 23. The van der Waals surface area contributed by atoms with Gasteiger partial charge < -0.3 is 44.3 Å². The molecular formula is C20H40N2O8. The van der Waals surface area contributed by atoms with Crippen LogP contribution in [-0.4, -0.2) is 104 Å². The molecule has 0 aliphatic rings. The third-order valence-corrected chi connectivity index (χ3v) is 3.79. The summed E-state index contributed by atoms with van der Waals surface area (Å²) in [6, 6.07) is -0.453. The van der Waals surface area contributed by atoms with Crippen LogP contribution in [0.2, 0.25) is 0 Å². The summed E-state index contributed by atoms with van der Waals surface area (Å²) >= 11 is 0. The summed E-state index contributed by atoms with van der Waals surface area (Å²) in [5.74, 6) is -0.124. The molecule has 0 aromatic carbocycles. The van der Waals surface area contributed by atoms with Gasteiger partial charge in [-0.3, -0.25) is 4.79 Å². The van der Waals surface area contributed by atoms with E-state index < -0.39 is 6.04 Å². The topological polar surface area (TPSA) is 128 Å². The third kappa shape index (κ3) is 20.1. The highest BCUT2D eigenvalue weighted by molar-refractivity contribution is 5.79. The van der Waals surface area contributed by atoms with Crippen LogP contribution >= 0.6 is 0 Å². The van der Waals surface area contributed by atoms with E-state index in [4.69, 9.17) is 34.2 Å². The Kier molecular flexibility index (Phi) is 21.7. The molecule has 0 fully saturated rings. The van der Waals surface area contributed by atoms with E-state index in [2.05, 4.69) is 5.32 Å². The Labute approximate surface area is 180 Å². The smallest absolute Gasteiger partial charge is 0.222 e. The van der Waals surface area contributed by atoms with Crippen LogP contribution in [0.3, 0.4) is 0 Å². The van der Waals surface area contributed by atoms with Crippen LogP contribution in [-0.2, 0) is 38.0 Å². The van der Waals surface area contributed by atoms with Crippen LogP contribution in [0.4, 0.5) is 0 Å². The van der Waals surface area contributed by atoms with Crippen molar-refractivity contribution < 1.29 is 38.0 Å². The summed E-state index contributed by atoms with van der Waals surface area (Å²) in [5, 5.41) is 2.66. The van der Waals surface area contributed by atoms with Crippen molar-refractivity contribution in [3.8, 4) is 0 Å². The van der Waals surface area contributed by atoms with E-state index in [0.717, 1.165) is 6.29 Å². The van der Waals surface area contributed by atoms with E-state index in [-0.39, 0.29) is 24.9 Å². The van der Waals surface area contributed by atoms with Crippen molar-refractivity contribution in [3.63, 3.8) is 0 Å². The maximum Gasteiger partial charge on any atom is 0.222 e. The Morgan fingerprint density at radius 3 is 1.43 bits per heavy atom. The quantitative estimate of drug-likeness (QED) is 0.165. The lowest BCUT2D eigenvalue weighted by Gasteiger charge is -2.16. The number of hydrogen-bond donors (Lipinski definition) is 2. The van der Waals surface area contributed by atoms with Crippen LogP contribution < -0.4 is 11.1 Å². The van der Waals surface area contributed by atoms with Crippen LogP contribution in [0.15, 0.2) is 0 Å². The number of carbonyl (C=O) groups is 2. The maximum atomic E-state index is 11.7. The molecule has 0 saturated carbocycles. The first kappa shape index (κ1) is 28.9. The van der Waals surface area contributed by atoms with Gasteiger partial charge >= 0.3 is 0 Å². The van der Waals surface area contributed by atoms with Gasteiger partial charge in [0.05, 0.1) is 85.3 Å². The van der Waals surface area contributed by atoms with E-state index in [1.165, 1.54) is 0 Å². The molecule has 0 rings (SSSR count). The first-order chi connectivity index (χ1) is 14.6. The number of ether oxygens (including phenoxy) is 6. The molecule has 0 aromatic rings. The lowest BCUT2D eigenvalue weighted by Crippen LogP contribution is -2.40. The molecule has 0 unspecified atom stereocenters. The van der Waals surface area contributed by atoms with Crippen molar-refractivity contribution in [2.24, 2.45) is 11.7 Å².